The van der Waals surface area contributed by atoms with E-state index in [1.807, 2.05) is 0 Å². The van der Waals surface area contributed by atoms with Crippen LogP contribution in [0.15, 0.2) is 54.1 Å². The molecule has 1 saturated heterocycles. The first kappa shape index (κ1) is 22.3. The zero-order valence-corrected chi connectivity index (χ0v) is 17.4. The predicted molar refractivity (Wildman–Crippen MR) is 113 cm³/mol. The Hall–Kier alpha value is -3.36. The average molecular weight is 427 g/mol. The molecule has 0 bridgehead atoms. The van der Waals surface area contributed by atoms with Gasteiger partial charge >= 0.3 is 0 Å². The van der Waals surface area contributed by atoms with Crippen LogP contribution in [0.25, 0.3) is 5.76 Å². The molecule has 0 saturated carbocycles. The van der Waals surface area contributed by atoms with E-state index in [4.69, 9.17) is 19.3 Å². The number of carbonyl (C=O) groups excluding carboxylic acids is 2. The van der Waals surface area contributed by atoms with Crippen LogP contribution in [-0.4, -0.2) is 67.4 Å². The summed E-state index contributed by atoms with van der Waals surface area (Å²) in [6.45, 7) is 0.255. The van der Waals surface area contributed by atoms with Crippen LogP contribution in [0.5, 0.6) is 11.5 Å². The Morgan fingerprint density at radius 3 is 2.06 bits per heavy atom. The minimum atomic E-state index is -0.786. The monoisotopic (exact) mass is 427 g/mol. The highest BCUT2D eigenvalue weighted by molar-refractivity contribution is 6.46. The number of hydrogen-bond donors (Lipinski definition) is 2. The first-order valence-electron chi connectivity index (χ1n) is 9.77. The van der Waals surface area contributed by atoms with Crippen LogP contribution >= 0.6 is 0 Å². The molecule has 0 aromatic heterocycles. The molecule has 0 spiro atoms. The van der Waals surface area contributed by atoms with Crippen molar-refractivity contribution >= 4 is 17.4 Å². The number of aliphatic hydroxyl groups excluding tert-OH is 2. The molecule has 2 aromatic rings. The molecule has 1 heterocycles. The number of carbonyl (C=O) groups is 2. The van der Waals surface area contributed by atoms with Gasteiger partial charge in [0, 0.05) is 12.1 Å². The minimum absolute atomic E-state index is 0.00231. The molecule has 3 rings (SSSR count). The Kier molecular flexibility index (Phi) is 7.28. The molecule has 1 unspecified atom stereocenters. The van der Waals surface area contributed by atoms with E-state index in [9.17, 15) is 14.7 Å². The molecule has 8 heteroatoms. The number of nitrogens with zero attached hydrogens (tertiary/aromatic N) is 1. The van der Waals surface area contributed by atoms with Crippen LogP contribution in [-0.2, 0) is 14.3 Å². The van der Waals surface area contributed by atoms with E-state index >= 15 is 0 Å². The summed E-state index contributed by atoms with van der Waals surface area (Å²) < 4.78 is 15.6. The molecule has 164 valence electrons. The molecule has 0 radical (unpaired) electrons. The summed E-state index contributed by atoms with van der Waals surface area (Å²) >= 11 is 0. The van der Waals surface area contributed by atoms with Crippen LogP contribution in [0.2, 0.25) is 0 Å². The third kappa shape index (κ3) is 4.70. The number of Topliss-reactive ketones (excluding diaryl/α,β-unsaturated/α-hetero) is 1. The molecular formula is C23H25NO7. The molecule has 1 atom stereocenters. The van der Waals surface area contributed by atoms with Crippen molar-refractivity contribution < 1.29 is 34.0 Å². The third-order valence-corrected chi connectivity index (χ3v) is 5.05. The molecule has 1 aliphatic rings. The van der Waals surface area contributed by atoms with Crippen LogP contribution in [0.1, 0.15) is 17.2 Å². The van der Waals surface area contributed by atoms with Gasteiger partial charge in [-0.1, -0.05) is 12.1 Å². The van der Waals surface area contributed by atoms with Crippen LogP contribution in [0.3, 0.4) is 0 Å². The molecule has 1 aliphatic heterocycles. The summed E-state index contributed by atoms with van der Waals surface area (Å²) in [6.07, 6.45) is 0. The molecular weight excluding hydrogens is 402 g/mol. The first-order chi connectivity index (χ1) is 15.0. The Bertz CT molecular complexity index is 951. The standard InChI is InChI=1S/C23H25NO7/c1-29-17-7-3-15(4-8-17)20-19(21(26)16-5-9-18(30-2)10-6-16)22(27)23(28)24(20)11-13-31-14-12-25/h3-10,20,25-26H,11-14H2,1-2H3. The number of methoxy groups -OCH3 is 2. The maximum Gasteiger partial charge on any atom is 0.295 e. The van der Waals surface area contributed by atoms with Gasteiger partial charge in [0.15, 0.2) is 0 Å². The summed E-state index contributed by atoms with van der Waals surface area (Å²) in [4.78, 5) is 27.1. The maximum absolute atomic E-state index is 12.9. The van der Waals surface area contributed by atoms with E-state index in [2.05, 4.69) is 0 Å². The van der Waals surface area contributed by atoms with Crippen molar-refractivity contribution in [2.45, 2.75) is 6.04 Å². The lowest BCUT2D eigenvalue weighted by Crippen LogP contribution is -2.33. The second-order valence-electron chi connectivity index (χ2n) is 6.83. The number of likely N-dealkylation sites (tertiary alicyclic amines) is 1. The molecule has 31 heavy (non-hydrogen) atoms. The zero-order chi connectivity index (χ0) is 22.4. The zero-order valence-electron chi connectivity index (χ0n) is 17.4. The Balaban J connectivity index is 2.04. The Morgan fingerprint density at radius 2 is 1.52 bits per heavy atom. The van der Waals surface area contributed by atoms with E-state index in [-0.39, 0.29) is 37.7 Å². The fraction of sp³-hybridized carbons (Fsp3) is 0.304. The number of rotatable bonds is 9. The van der Waals surface area contributed by atoms with Crippen molar-refractivity contribution in [1.82, 2.24) is 4.90 Å². The highest BCUT2D eigenvalue weighted by Gasteiger charge is 2.45. The van der Waals surface area contributed by atoms with Gasteiger partial charge in [0.25, 0.3) is 11.7 Å². The predicted octanol–water partition coefficient (Wildman–Crippen LogP) is 2.13. The van der Waals surface area contributed by atoms with E-state index in [0.717, 1.165) is 0 Å². The van der Waals surface area contributed by atoms with Gasteiger partial charge in [-0.2, -0.15) is 0 Å². The Labute approximate surface area is 180 Å². The molecule has 2 N–H and O–H groups in total. The third-order valence-electron chi connectivity index (χ3n) is 5.05. The average Bonchev–Trinajstić information content (AvgIpc) is 3.06. The second kappa shape index (κ2) is 10.1. The van der Waals surface area contributed by atoms with Crippen molar-refractivity contribution in [2.75, 3.05) is 40.6 Å². The second-order valence-corrected chi connectivity index (χ2v) is 6.83. The molecule has 1 fully saturated rings. The Morgan fingerprint density at radius 1 is 0.935 bits per heavy atom. The maximum atomic E-state index is 12.9. The van der Waals surface area contributed by atoms with Gasteiger partial charge in [-0.05, 0) is 42.0 Å². The van der Waals surface area contributed by atoms with Crippen LogP contribution in [0, 0.1) is 0 Å². The fourth-order valence-electron chi connectivity index (χ4n) is 3.48. The topological polar surface area (TPSA) is 106 Å². The van der Waals surface area contributed by atoms with Gasteiger partial charge in [-0.3, -0.25) is 9.59 Å². The number of aliphatic hydroxyl groups is 2. The van der Waals surface area contributed by atoms with Gasteiger partial charge in [0.05, 0.1) is 45.7 Å². The fourth-order valence-corrected chi connectivity index (χ4v) is 3.48. The summed E-state index contributed by atoms with van der Waals surface area (Å²) in [5.41, 5.74) is 1.05. The normalized spacial score (nSPS) is 17.8. The van der Waals surface area contributed by atoms with Gasteiger partial charge < -0.3 is 29.3 Å². The molecule has 2 aromatic carbocycles. The number of benzene rings is 2. The van der Waals surface area contributed by atoms with Gasteiger partial charge in [0.1, 0.15) is 17.3 Å². The highest BCUT2D eigenvalue weighted by atomic mass is 16.5. The summed E-state index contributed by atoms with van der Waals surface area (Å²) in [5, 5.41) is 19.9. The minimum Gasteiger partial charge on any atom is -0.507 e. The molecule has 8 nitrogen and oxygen atoms in total. The van der Waals surface area contributed by atoms with E-state index in [0.29, 0.717) is 22.6 Å². The van der Waals surface area contributed by atoms with E-state index < -0.39 is 17.7 Å². The largest absolute Gasteiger partial charge is 0.507 e. The van der Waals surface area contributed by atoms with Crippen LogP contribution < -0.4 is 9.47 Å². The van der Waals surface area contributed by atoms with Gasteiger partial charge in [-0.15, -0.1) is 0 Å². The number of ketones is 1. The SMILES string of the molecule is COc1ccc(C(O)=C2C(=O)C(=O)N(CCOCCO)C2c2ccc(OC)cc2)cc1. The summed E-state index contributed by atoms with van der Waals surface area (Å²) in [6, 6.07) is 12.7. The summed E-state index contributed by atoms with van der Waals surface area (Å²) in [7, 11) is 3.08. The lowest BCUT2D eigenvalue weighted by atomic mass is 9.95. The van der Waals surface area contributed by atoms with E-state index in [1.165, 1.54) is 12.0 Å². The summed E-state index contributed by atoms with van der Waals surface area (Å²) in [5.74, 6) is -0.521. The van der Waals surface area contributed by atoms with E-state index in [1.54, 1.807) is 55.6 Å². The quantitative estimate of drug-likeness (QED) is 0.273. The van der Waals surface area contributed by atoms with Gasteiger partial charge in [-0.25, -0.2) is 0 Å². The molecule has 1 amide bonds. The first-order valence-corrected chi connectivity index (χ1v) is 9.77. The van der Waals surface area contributed by atoms with Crippen molar-refractivity contribution in [1.29, 1.82) is 0 Å². The highest BCUT2D eigenvalue weighted by Crippen LogP contribution is 2.39. The van der Waals surface area contributed by atoms with Crippen molar-refractivity contribution in [3.8, 4) is 11.5 Å². The lowest BCUT2D eigenvalue weighted by Gasteiger charge is -2.25. The van der Waals surface area contributed by atoms with Crippen molar-refractivity contribution in [3.63, 3.8) is 0 Å². The lowest BCUT2D eigenvalue weighted by molar-refractivity contribution is -0.140. The van der Waals surface area contributed by atoms with Gasteiger partial charge in [0.2, 0.25) is 0 Å². The molecule has 0 aliphatic carbocycles. The number of hydrogen-bond acceptors (Lipinski definition) is 7. The van der Waals surface area contributed by atoms with Crippen molar-refractivity contribution in [2.24, 2.45) is 0 Å². The van der Waals surface area contributed by atoms with Crippen LogP contribution in [0.4, 0.5) is 0 Å². The number of ether oxygens (including phenoxy) is 3. The number of amides is 1. The van der Waals surface area contributed by atoms with Crippen molar-refractivity contribution in [3.05, 3.63) is 65.2 Å². The smallest absolute Gasteiger partial charge is 0.295 e.